The number of hydrogen-bond donors (Lipinski definition) is 2. The van der Waals surface area contributed by atoms with Crippen molar-refractivity contribution < 1.29 is 0 Å². The largest absolute Gasteiger partial charge is 0.359 e. The number of rotatable bonds is 5. The van der Waals surface area contributed by atoms with E-state index in [1.165, 1.54) is 0 Å². The Balaban J connectivity index is 3.20. The first-order valence-electron chi connectivity index (χ1n) is 6.43. The number of nitrogens with zero attached hydrogens (tertiary/aromatic N) is 3. The van der Waals surface area contributed by atoms with Crippen molar-refractivity contribution in [2.45, 2.75) is 40.5 Å². The summed E-state index contributed by atoms with van der Waals surface area (Å²) < 4.78 is 0. The van der Waals surface area contributed by atoms with Gasteiger partial charge in [-0.2, -0.15) is 0 Å². The minimum Gasteiger partial charge on any atom is -0.359 e. The summed E-state index contributed by atoms with van der Waals surface area (Å²) in [7, 11) is 2.06. The van der Waals surface area contributed by atoms with Gasteiger partial charge in [0.2, 0.25) is 0 Å². The number of nitrogens with two attached hydrogens (primary N) is 1. The summed E-state index contributed by atoms with van der Waals surface area (Å²) in [4.78, 5) is 11.3. The maximum absolute atomic E-state index is 5.53. The Kier molecular flexibility index (Phi) is 4.90. The molecule has 18 heavy (non-hydrogen) atoms. The molecule has 1 rings (SSSR count). The van der Waals surface area contributed by atoms with Gasteiger partial charge < -0.3 is 10.3 Å². The van der Waals surface area contributed by atoms with Crippen molar-refractivity contribution in [3.63, 3.8) is 0 Å². The van der Waals surface area contributed by atoms with E-state index < -0.39 is 0 Å². The fourth-order valence-corrected chi connectivity index (χ4v) is 1.93. The van der Waals surface area contributed by atoms with Crippen LogP contribution in [0.4, 0.5) is 11.6 Å². The Morgan fingerprint density at radius 3 is 2.28 bits per heavy atom. The third kappa shape index (κ3) is 3.32. The third-order valence-corrected chi connectivity index (χ3v) is 2.79. The van der Waals surface area contributed by atoms with E-state index in [0.29, 0.717) is 11.7 Å². The molecule has 0 aliphatic carbocycles. The molecule has 0 saturated carbocycles. The fourth-order valence-electron chi connectivity index (χ4n) is 1.93. The van der Waals surface area contributed by atoms with E-state index in [0.717, 1.165) is 23.8 Å². The van der Waals surface area contributed by atoms with Crippen molar-refractivity contribution in [1.82, 2.24) is 9.97 Å². The number of aromatic nitrogens is 2. The molecular formula is C13H25N5. The first-order valence-corrected chi connectivity index (χ1v) is 6.43. The summed E-state index contributed by atoms with van der Waals surface area (Å²) in [5.74, 6) is 8.88. The van der Waals surface area contributed by atoms with Gasteiger partial charge in [-0.05, 0) is 12.8 Å². The minimum absolute atomic E-state index is 0.281. The molecule has 0 fully saturated rings. The van der Waals surface area contributed by atoms with E-state index in [2.05, 4.69) is 55.0 Å². The summed E-state index contributed by atoms with van der Waals surface area (Å²) in [5.41, 5.74) is 3.65. The molecule has 102 valence electrons. The van der Waals surface area contributed by atoms with E-state index in [-0.39, 0.29) is 5.92 Å². The molecule has 0 atom stereocenters. The lowest BCUT2D eigenvalue weighted by atomic mass is 10.1. The maximum atomic E-state index is 5.53. The molecular weight excluding hydrogens is 226 g/mol. The SMILES string of the molecule is Cc1c(NN)nc(C(C)C)nc1N(C)CC(C)C. The van der Waals surface area contributed by atoms with Crippen molar-refractivity contribution in [2.24, 2.45) is 11.8 Å². The lowest BCUT2D eigenvalue weighted by Crippen LogP contribution is -2.26. The standard InChI is InChI=1S/C13H25N5/c1-8(2)7-18(6)13-10(5)12(17-14)15-11(16-13)9(3)4/h8-9H,7,14H2,1-6H3,(H,15,16,17). The van der Waals surface area contributed by atoms with Crippen LogP contribution >= 0.6 is 0 Å². The van der Waals surface area contributed by atoms with Crippen molar-refractivity contribution in [3.05, 3.63) is 11.4 Å². The van der Waals surface area contributed by atoms with E-state index >= 15 is 0 Å². The average molecular weight is 251 g/mol. The van der Waals surface area contributed by atoms with E-state index in [4.69, 9.17) is 5.84 Å². The van der Waals surface area contributed by atoms with Crippen molar-refractivity contribution in [1.29, 1.82) is 0 Å². The number of nitrogens with one attached hydrogen (secondary N) is 1. The summed E-state index contributed by atoms with van der Waals surface area (Å²) in [6, 6.07) is 0. The molecule has 0 aromatic carbocycles. The monoisotopic (exact) mass is 251 g/mol. The highest BCUT2D eigenvalue weighted by atomic mass is 15.3. The smallest absolute Gasteiger partial charge is 0.148 e. The molecule has 1 heterocycles. The number of nitrogen functional groups attached to an aromatic ring is 1. The van der Waals surface area contributed by atoms with Crippen LogP contribution in [-0.4, -0.2) is 23.6 Å². The van der Waals surface area contributed by atoms with Gasteiger partial charge in [-0.15, -0.1) is 0 Å². The van der Waals surface area contributed by atoms with E-state index in [9.17, 15) is 0 Å². The van der Waals surface area contributed by atoms with Gasteiger partial charge in [0.25, 0.3) is 0 Å². The molecule has 0 unspecified atom stereocenters. The number of anilines is 2. The van der Waals surface area contributed by atoms with Crippen LogP contribution in [0.25, 0.3) is 0 Å². The van der Waals surface area contributed by atoms with Gasteiger partial charge >= 0.3 is 0 Å². The van der Waals surface area contributed by atoms with Gasteiger partial charge in [0.15, 0.2) is 0 Å². The molecule has 0 aliphatic rings. The summed E-state index contributed by atoms with van der Waals surface area (Å²) in [5, 5.41) is 0. The van der Waals surface area contributed by atoms with Crippen molar-refractivity contribution in [3.8, 4) is 0 Å². The highest BCUT2D eigenvalue weighted by molar-refractivity contribution is 5.58. The summed E-state index contributed by atoms with van der Waals surface area (Å²) in [6.45, 7) is 11.5. The Labute approximate surface area is 110 Å². The third-order valence-electron chi connectivity index (χ3n) is 2.79. The van der Waals surface area contributed by atoms with Gasteiger partial charge in [0, 0.05) is 25.1 Å². The van der Waals surface area contributed by atoms with Gasteiger partial charge in [-0.25, -0.2) is 15.8 Å². The minimum atomic E-state index is 0.281. The molecule has 0 bridgehead atoms. The molecule has 1 aromatic heterocycles. The van der Waals surface area contributed by atoms with Gasteiger partial charge in [-0.1, -0.05) is 27.7 Å². The molecule has 1 aromatic rings. The first-order chi connectivity index (χ1) is 8.36. The fraction of sp³-hybridized carbons (Fsp3) is 0.692. The van der Waals surface area contributed by atoms with Gasteiger partial charge in [-0.3, -0.25) is 0 Å². The molecule has 0 radical (unpaired) electrons. The number of hydrazine groups is 1. The van der Waals surface area contributed by atoms with Crippen LogP contribution in [0, 0.1) is 12.8 Å². The zero-order chi connectivity index (χ0) is 13.9. The lowest BCUT2D eigenvalue weighted by Gasteiger charge is -2.24. The highest BCUT2D eigenvalue weighted by Gasteiger charge is 2.15. The first kappa shape index (κ1) is 14.7. The van der Waals surface area contributed by atoms with Gasteiger partial charge in [0.1, 0.15) is 17.5 Å². The average Bonchev–Trinajstić information content (AvgIpc) is 2.27. The topological polar surface area (TPSA) is 67.1 Å². The second kappa shape index (κ2) is 6.00. The van der Waals surface area contributed by atoms with Crippen molar-refractivity contribution >= 4 is 11.6 Å². The highest BCUT2D eigenvalue weighted by Crippen LogP contribution is 2.25. The summed E-state index contributed by atoms with van der Waals surface area (Å²) >= 11 is 0. The molecule has 0 spiro atoms. The zero-order valence-corrected chi connectivity index (χ0v) is 12.3. The predicted octanol–water partition coefficient (Wildman–Crippen LogP) is 2.29. The van der Waals surface area contributed by atoms with Crippen LogP contribution in [0.2, 0.25) is 0 Å². The molecule has 5 nitrogen and oxygen atoms in total. The maximum Gasteiger partial charge on any atom is 0.148 e. The second-order valence-corrected chi connectivity index (χ2v) is 5.45. The zero-order valence-electron chi connectivity index (χ0n) is 12.3. The quantitative estimate of drug-likeness (QED) is 0.621. The Morgan fingerprint density at radius 1 is 1.22 bits per heavy atom. The summed E-state index contributed by atoms with van der Waals surface area (Å²) in [6.07, 6.45) is 0. The Bertz CT molecular complexity index is 401. The molecule has 0 amide bonds. The van der Waals surface area contributed by atoms with Gasteiger partial charge in [0.05, 0.1) is 0 Å². The second-order valence-electron chi connectivity index (χ2n) is 5.45. The van der Waals surface area contributed by atoms with Crippen LogP contribution in [0.15, 0.2) is 0 Å². The van der Waals surface area contributed by atoms with Crippen LogP contribution < -0.4 is 16.2 Å². The van der Waals surface area contributed by atoms with Crippen molar-refractivity contribution in [2.75, 3.05) is 23.9 Å². The molecule has 5 heteroatoms. The predicted molar refractivity (Wildman–Crippen MR) is 76.8 cm³/mol. The molecule has 0 aliphatic heterocycles. The molecule has 0 saturated heterocycles. The molecule has 3 N–H and O–H groups in total. The Hall–Kier alpha value is -1.36. The van der Waals surface area contributed by atoms with Crippen LogP contribution in [0.5, 0.6) is 0 Å². The number of hydrogen-bond acceptors (Lipinski definition) is 5. The van der Waals surface area contributed by atoms with E-state index in [1.54, 1.807) is 0 Å². The Morgan fingerprint density at radius 2 is 1.83 bits per heavy atom. The van der Waals surface area contributed by atoms with Crippen LogP contribution in [0.3, 0.4) is 0 Å². The van der Waals surface area contributed by atoms with Crippen LogP contribution in [0.1, 0.15) is 45.0 Å². The normalized spacial score (nSPS) is 11.2. The lowest BCUT2D eigenvalue weighted by molar-refractivity contribution is 0.630. The van der Waals surface area contributed by atoms with Crippen LogP contribution in [-0.2, 0) is 0 Å². The van der Waals surface area contributed by atoms with E-state index in [1.807, 2.05) is 6.92 Å².